The van der Waals surface area contributed by atoms with E-state index in [2.05, 4.69) is 0 Å². The van der Waals surface area contributed by atoms with Crippen molar-refractivity contribution >= 4 is 5.97 Å². The van der Waals surface area contributed by atoms with E-state index in [1.165, 1.54) is 0 Å². The standard InChI is InChI=1S/C11H15NO2/c1-8-4-3-5-9(6-8)11(2,12)7-10(13)14/h3-6H,7,12H2,1-2H3,(H,13,14)/t11-/m0/s1. The molecule has 0 unspecified atom stereocenters. The normalized spacial score (nSPS) is 14.8. The monoisotopic (exact) mass is 193 g/mol. The highest BCUT2D eigenvalue weighted by atomic mass is 16.4. The molecule has 0 spiro atoms. The lowest BCUT2D eigenvalue weighted by Gasteiger charge is -2.23. The predicted molar refractivity (Wildman–Crippen MR) is 55.0 cm³/mol. The SMILES string of the molecule is Cc1cccc([C@@](C)(N)CC(=O)O)c1. The van der Waals surface area contributed by atoms with E-state index in [-0.39, 0.29) is 6.42 Å². The van der Waals surface area contributed by atoms with Gasteiger partial charge in [0.15, 0.2) is 0 Å². The highest BCUT2D eigenvalue weighted by Gasteiger charge is 2.24. The van der Waals surface area contributed by atoms with Crippen molar-refractivity contribution in [3.63, 3.8) is 0 Å². The second kappa shape index (κ2) is 3.80. The molecule has 0 radical (unpaired) electrons. The van der Waals surface area contributed by atoms with Gasteiger partial charge in [-0.1, -0.05) is 29.8 Å². The van der Waals surface area contributed by atoms with Crippen LogP contribution < -0.4 is 5.73 Å². The lowest BCUT2D eigenvalue weighted by atomic mass is 9.89. The van der Waals surface area contributed by atoms with Crippen molar-refractivity contribution in [1.82, 2.24) is 0 Å². The molecule has 3 nitrogen and oxygen atoms in total. The van der Waals surface area contributed by atoms with Gasteiger partial charge in [-0.25, -0.2) is 0 Å². The summed E-state index contributed by atoms with van der Waals surface area (Å²) in [6.45, 7) is 3.69. The van der Waals surface area contributed by atoms with Gasteiger partial charge in [0.25, 0.3) is 0 Å². The minimum Gasteiger partial charge on any atom is -0.481 e. The van der Waals surface area contributed by atoms with Crippen molar-refractivity contribution in [3.05, 3.63) is 35.4 Å². The molecule has 1 atom stereocenters. The Morgan fingerprint density at radius 1 is 1.57 bits per heavy atom. The van der Waals surface area contributed by atoms with Crippen LogP contribution >= 0.6 is 0 Å². The van der Waals surface area contributed by atoms with Gasteiger partial charge in [0.2, 0.25) is 0 Å². The average molecular weight is 193 g/mol. The number of aryl methyl sites for hydroxylation is 1. The molecule has 76 valence electrons. The molecule has 0 fully saturated rings. The molecule has 3 heteroatoms. The highest BCUT2D eigenvalue weighted by molar-refractivity contribution is 5.68. The largest absolute Gasteiger partial charge is 0.481 e. The summed E-state index contributed by atoms with van der Waals surface area (Å²) in [7, 11) is 0. The van der Waals surface area contributed by atoms with Crippen molar-refractivity contribution in [3.8, 4) is 0 Å². The lowest BCUT2D eigenvalue weighted by molar-refractivity contribution is -0.138. The second-order valence-corrected chi connectivity index (χ2v) is 3.86. The first-order chi connectivity index (χ1) is 6.42. The van der Waals surface area contributed by atoms with Crippen molar-refractivity contribution in [2.45, 2.75) is 25.8 Å². The molecule has 0 saturated carbocycles. The summed E-state index contributed by atoms with van der Waals surface area (Å²) in [5.74, 6) is -0.878. The molecular formula is C11H15NO2. The number of nitrogens with two attached hydrogens (primary N) is 1. The number of hydrogen-bond donors (Lipinski definition) is 2. The fourth-order valence-corrected chi connectivity index (χ4v) is 1.42. The third-order valence-electron chi connectivity index (χ3n) is 2.20. The predicted octanol–water partition coefficient (Wildman–Crippen LogP) is 1.64. The molecule has 0 amide bonds. The van der Waals surface area contributed by atoms with Gasteiger partial charge < -0.3 is 10.8 Å². The molecule has 0 bridgehead atoms. The highest BCUT2D eigenvalue weighted by Crippen LogP contribution is 2.22. The van der Waals surface area contributed by atoms with Gasteiger partial charge in [-0.15, -0.1) is 0 Å². The van der Waals surface area contributed by atoms with Crippen molar-refractivity contribution in [1.29, 1.82) is 0 Å². The van der Waals surface area contributed by atoms with Gasteiger partial charge in [0.05, 0.1) is 6.42 Å². The molecule has 0 aliphatic heterocycles. The first-order valence-electron chi connectivity index (χ1n) is 4.49. The molecule has 0 saturated heterocycles. The van der Waals surface area contributed by atoms with E-state index in [1.54, 1.807) is 6.92 Å². The first-order valence-corrected chi connectivity index (χ1v) is 4.49. The van der Waals surface area contributed by atoms with E-state index in [0.29, 0.717) is 0 Å². The van der Waals surface area contributed by atoms with Crippen LogP contribution in [0.5, 0.6) is 0 Å². The van der Waals surface area contributed by atoms with Crippen LogP contribution in [0.2, 0.25) is 0 Å². The van der Waals surface area contributed by atoms with Crippen LogP contribution in [-0.2, 0) is 10.3 Å². The quantitative estimate of drug-likeness (QED) is 0.767. The number of hydrogen-bond acceptors (Lipinski definition) is 2. The minimum atomic E-state index is -0.878. The van der Waals surface area contributed by atoms with E-state index < -0.39 is 11.5 Å². The maximum atomic E-state index is 10.6. The lowest BCUT2D eigenvalue weighted by Crippen LogP contribution is -2.35. The Bertz CT molecular complexity index is 345. The van der Waals surface area contributed by atoms with Gasteiger partial charge in [-0.05, 0) is 19.4 Å². The Morgan fingerprint density at radius 2 is 2.21 bits per heavy atom. The number of carboxylic acid groups (broad SMARTS) is 1. The zero-order chi connectivity index (χ0) is 10.8. The van der Waals surface area contributed by atoms with Crippen molar-refractivity contribution in [2.75, 3.05) is 0 Å². The van der Waals surface area contributed by atoms with E-state index in [1.807, 2.05) is 31.2 Å². The van der Waals surface area contributed by atoms with Crippen LogP contribution in [0, 0.1) is 6.92 Å². The Kier molecular flexibility index (Phi) is 2.91. The average Bonchev–Trinajstić information content (AvgIpc) is 2.01. The summed E-state index contributed by atoms with van der Waals surface area (Å²) in [5, 5.41) is 8.70. The summed E-state index contributed by atoms with van der Waals surface area (Å²) >= 11 is 0. The van der Waals surface area contributed by atoms with Crippen LogP contribution in [0.1, 0.15) is 24.5 Å². The summed E-state index contributed by atoms with van der Waals surface area (Å²) in [6, 6.07) is 7.62. The molecule has 0 aliphatic rings. The fraction of sp³-hybridized carbons (Fsp3) is 0.364. The maximum absolute atomic E-state index is 10.6. The summed E-state index contributed by atoms with van der Waals surface area (Å²) in [4.78, 5) is 10.6. The molecule has 14 heavy (non-hydrogen) atoms. The third-order valence-corrected chi connectivity index (χ3v) is 2.20. The van der Waals surface area contributed by atoms with Crippen LogP contribution in [0.4, 0.5) is 0 Å². The third kappa shape index (κ3) is 2.57. The van der Waals surface area contributed by atoms with Crippen LogP contribution in [-0.4, -0.2) is 11.1 Å². The molecule has 1 aromatic carbocycles. The maximum Gasteiger partial charge on any atom is 0.305 e. The summed E-state index contributed by atoms with van der Waals surface area (Å²) < 4.78 is 0. The van der Waals surface area contributed by atoms with E-state index in [9.17, 15) is 4.79 Å². The summed E-state index contributed by atoms with van der Waals surface area (Å²) in [5.41, 5.74) is 7.08. The Balaban J connectivity index is 2.97. The minimum absolute atomic E-state index is 0.0591. The Hall–Kier alpha value is -1.35. The van der Waals surface area contributed by atoms with E-state index in [0.717, 1.165) is 11.1 Å². The molecule has 3 N–H and O–H groups in total. The molecule has 1 rings (SSSR count). The smallest absolute Gasteiger partial charge is 0.305 e. The van der Waals surface area contributed by atoms with Crippen molar-refractivity contribution < 1.29 is 9.90 Å². The Labute approximate surface area is 83.6 Å². The number of rotatable bonds is 3. The first kappa shape index (κ1) is 10.7. The van der Waals surface area contributed by atoms with Gasteiger partial charge in [0.1, 0.15) is 0 Å². The van der Waals surface area contributed by atoms with Gasteiger partial charge in [-0.2, -0.15) is 0 Å². The Morgan fingerprint density at radius 3 is 2.71 bits per heavy atom. The van der Waals surface area contributed by atoms with Crippen molar-refractivity contribution in [2.24, 2.45) is 5.73 Å². The van der Waals surface area contributed by atoms with Crippen LogP contribution in [0.3, 0.4) is 0 Å². The number of benzene rings is 1. The zero-order valence-electron chi connectivity index (χ0n) is 8.45. The van der Waals surface area contributed by atoms with Gasteiger partial charge >= 0.3 is 5.97 Å². The molecule has 0 heterocycles. The number of carboxylic acids is 1. The zero-order valence-corrected chi connectivity index (χ0v) is 8.45. The van der Waals surface area contributed by atoms with Gasteiger partial charge in [0, 0.05) is 5.54 Å². The molecule has 0 aromatic heterocycles. The molecule has 1 aromatic rings. The van der Waals surface area contributed by atoms with E-state index in [4.69, 9.17) is 10.8 Å². The fourth-order valence-electron chi connectivity index (χ4n) is 1.42. The van der Waals surface area contributed by atoms with Crippen LogP contribution in [0.15, 0.2) is 24.3 Å². The number of aliphatic carboxylic acids is 1. The molecule has 0 aliphatic carbocycles. The topological polar surface area (TPSA) is 63.3 Å². The van der Waals surface area contributed by atoms with E-state index >= 15 is 0 Å². The van der Waals surface area contributed by atoms with Crippen LogP contribution in [0.25, 0.3) is 0 Å². The van der Waals surface area contributed by atoms with Gasteiger partial charge in [-0.3, -0.25) is 4.79 Å². The second-order valence-electron chi connectivity index (χ2n) is 3.86. The summed E-state index contributed by atoms with van der Waals surface area (Å²) in [6.07, 6.45) is -0.0591. The number of carbonyl (C=O) groups is 1. The molecular weight excluding hydrogens is 178 g/mol.